The fourth-order valence-corrected chi connectivity index (χ4v) is 1.40. The molecule has 0 bridgehead atoms. The van der Waals surface area contributed by atoms with Crippen LogP contribution in [-0.4, -0.2) is 24.9 Å². The van der Waals surface area contributed by atoms with Crippen LogP contribution in [0.15, 0.2) is 24.3 Å². The van der Waals surface area contributed by atoms with Crippen LogP contribution in [0.25, 0.3) is 0 Å². The Labute approximate surface area is 110 Å². The van der Waals surface area contributed by atoms with Crippen LogP contribution in [0.2, 0.25) is 0 Å². The zero-order valence-electron chi connectivity index (χ0n) is 9.81. The van der Waals surface area contributed by atoms with Crippen molar-refractivity contribution in [3.8, 4) is 6.07 Å². The third-order valence-electron chi connectivity index (χ3n) is 2.26. The molecule has 1 aromatic rings. The number of urea groups is 1. The summed E-state index contributed by atoms with van der Waals surface area (Å²) in [7, 11) is 1.53. The number of nitriles is 1. The number of hydrogen-bond donors (Lipinski definition) is 1. The molecule has 0 fully saturated rings. The Morgan fingerprint density at radius 1 is 1.39 bits per heavy atom. The van der Waals surface area contributed by atoms with Gasteiger partial charge in [-0.05, 0) is 24.3 Å². The summed E-state index contributed by atoms with van der Waals surface area (Å²) in [5, 5.41) is 10.9. The van der Waals surface area contributed by atoms with Gasteiger partial charge >= 0.3 is 6.03 Å². The largest absolute Gasteiger partial charge is 0.328 e. The van der Waals surface area contributed by atoms with Crippen LogP contribution in [0.4, 0.5) is 10.5 Å². The number of halogens is 1. The number of carbonyl (C=O) groups is 2. The lowest BCUT2D eigenvalue weighted by Crippen LogP contribution is -2.40. The van der Waals surface area contributed by atoms with Crippen molar-refractivity contribution >= 4 is 29.2 Å². The predicted octanol–water partition coefficient (Wildman–Crippen LogP) is 1.86. The average molecular weight is 266 g/mol. The van der Waals surface area contributed by atoms with Gasteiger partial charge in [-0.3, -0.25) is 15.0 Å². The van der Waals surface area contributed by atoms with Crippen LogP contribution < -0.4 is 10.2 Å². The third kappa shape index (κ3) is 3.75. The minimum Gasteiger partial charge on any atom is -0.297 e. The average Bonchev–Trinajstić information content (AvgIpc) is 2.38. The Morgan fingerprint density at radius 2 is 2.00 bits per heavy atom. The summed E-state index contributed by atoms with van der Waals surface area (Å²) in [5.74, 6) is -0.254. The van der Waals surface area contributed by atoms with Gasteiger partial charge < -0.3 is 0 Å². The van der Waals surface area contributed by atoms with Crippen LogP contribution in [0.5, 0.6) is 0 Å². The van der Waals surface area contributed by atoms with Gasteiger partial charge in [-0.1, -0.05) is 0 Å². The molecule has 0 aliphatic carbocycles. The van der Waals surface area contributed by atoms with E-state index in [2.05, 4.69) is 5.32 Å². The van der Waals surface area contributed by atoms with Gasteiger partial charge in [0.25, 0.3) is 0 Å². The Morgan fingerprint density at radius 3 is 2.50 bits per heavy atom. The van der Waals surface area contributed by atoms with Gasteiger partial charge in [0.05, 0.1) is 11.6 Å². The summed E-state index contributed by atoms with van der Waals surface area (Å²) in [4.78, 5) is 24.2. The number of amides is 3. The van der Waals surface area contributed by atoms with E-state index in [0.29, 0.717) is 11.3 Å². The second-order valence-corrected chi connectivity index (χ2v) is 3.89. The summed E-state index contributed by atoms with van der Waals surface area (Å²) >= 11 is 5.39. The standard InChI is InChI=1S/C12H12ClN3O2/c1-16(12(18)15-11(17)6-7-13)10-4-2-9(8-14)3-5-10/h2-5H,6-7H2,1H3,(H,15,17,18). The highest BCUT2D eigenvalue weighted by molar-refractivity contribution is 6.19. The number of hydrogen-bond acceptors (Lipinski definition) is 3. The smallest absolute Gasteiger partial charge is 0.297 e. The van der Waals surface area contributed by atoms with Gasteiger partial charge in [-0.25, -0.2) is 4.79 Å². The first kappa shape index (κ1) is 14.0. The first-order valence-electron chi connectivity index (χ1n) is 5.22. The van der Waals surface area contributed by atoms with E-state index in [1.54, 1.807) is 24.3 Å². The summed E-state index contributed by atoms with van der Waals surface area (Å²) in [5.41, 5.74) is 1.09. The van der Waals surface area contributed by atoms with Crippen molar-refractivity contribution in [2.24, 2.45) is 0 Å². The molecule has 0 radical (unpaired) electrons. The SMILES string of the molecule is CN(C(=O)NC(=O)CCCl)c1ccc(C#N)cc1. The summed E-state index contributed by atoms with van der Waals surface area (Å²) in [6.07, 6.45) is 0.0918. The normalized spacial score (nSPS) is 9.39. The van der Waals surface area contributed by atoms with Crippen LogP contribution in [0, 0.1) is 11.3 Å². The molecule has 1 rings (SSSR count). The van der Waals surface area contributed by atoms with Crippen molar-refractivity contribution < 1.29 is 9.59 Å². The minimum atomic E-state index is -0.533. The van der Waals surface area contributed by atoms with Gasteiger partial charge in [0, 0.05) is 25.0 Å². The number of alkyl halides is 1. The van der Waals surface area contributed by atoms with Gasteiger partial charge in [-0.2, -0.15) is 5.26 Å². The number of imide groups is 1. The molecule has 1 N–H and O–H groups in total. The first-order valence-corrected chi connectivity index (χ1v) is 5.75. The van der Waals surface area contributed by atoms with Crippen LogP contribution >= 0.6 is 11.6 Å². The maximum Gasteiger partial charge on any atom is 0.328 e. The highest BCUT2D eigenvalue weighted by atomic mass is 35.5. The molecule has 1 aromatic carbocycles. The Bertz CT molecular complexity index is 479. The molecule has 0 atom stereocenters. The van der Waals surface area contributed by atoms with Crippen molar-refractivity contribution in [2.45, 2.75) is 6.42 Å². The van der Waals surface area contributed by atoms with Gasteiger partial charge in [-0.15, -0.1) is 11.6 Å². The van der Waals surface area contributed by atoms with Crippen molar-refractivity contribution in [1.82, 2.24) is 5.32 Å². The van der Waals surface area contributed by atoms with E-state index in [0.717, 1.165) is 0 Å². The van der Waals surface area contributed by atoms with E-state index in [9.17, 15) is 9.59 Å². The quantitative estimate of drug-likeness (QED) is 0.848. The van der Waals surface area contributed by atoms with Crippen LogP contribution in [-0.2, 0) is 4.79 Å². The summed E-state index contributed by atoms with van der Waals surface area (Å²) in [6, 6.07) is 7.90. The highest BCUT2D eigenvalue weighted by Crippen LogP contribution is 2.13. The molecule has 0 unspecified atom stereocenters. The molecule has 3 amide bonds. The lowest BCUT2D eigenvalue weighted by Gasteiger charge is -2.17. The van der Waals surface area contributed by atoms with Crippen molar-refractivity contribution in [2.75, 3.05) is 17.8 Å². The van der Waals surface area contributed by atoms with E-state index < -0.39 is 11.9 Å². The topological polar surface area (TPSA) is 73.2 Å². The fraction of sp³-hybridized carbons (Fsp3) is 0.250. The molecule has 0 aromatic heterocycles. The lowest BCUT2D eigenvalue weighted by molar-refractivity contribution is -0.119. The van der Waals surface area contributed by atoms with Gasteiger partial charge in [0.15, 0.2) is 0 Å². The lowest BCUT2D eigenvalue weighted by atomic mass is 10.2. The predicted molar refractivity (Wildman–Crippen MR) is 68.4 cm³/mol. The molecule has 0 saturated heterocycles. The fourth-order valence-electron chi connectivity index (χ4n) is 1.23. The third-order valence-corrected chi connectivity index (χ3v) is 2.45. The minimum absolute atomic E-state index is 0.0918. The molecule has 0 spiro atoms. The zero-order valence-corrected chi connectivity index (χ0v) is 10.6. The second kappa shape index (κ2) is 6.62. The van der Waals surface area contributed by atoms with Crippen molar-refractivity contribution in [3.05, 3.63) is 29.8 Å². The molecular formula is C12H12ClN3O2. The number of nitrogens with zero attached hydrogens (tertiary/aromatic N) is 2. The Balaban J connectivity index is 2.68. The molecule has 5 nitrogen and oxygen atoms in total. The van der Waals surface area contributed by atoms with Crippen LogP contribution in [0.1, 0.15) is 12.0 Å². The molecule has 0 aliphatic heterocycles. The van der Waals surface area contributed by atoms with E-state index in [1.807, 2.05) is 6.07 Å². The van der Waals surface area contributed by atoms with Gasteiger partial charge in [0.1, 0.15) is 0 Å². The second-order valence-electron chi connectivity index (χ2n) is 3.51. The number of carbonyl (C=O) groups excluding carboxylic acids is 2. The van der Waals surface area contributed by atoms with E-state index in [1.165, 1.54) is 11.9 Å². The van der Waals surface area contributed by atoms with Crippen molar-refractivity contribution in [3.63, 3.8) is 0 Å². The molecular weight excluding hydrogens is 254 g/mol. The molecule has 18 heavy (non-hydrogen) atoms. The van der Waals surface area contributed by atoms with E-state index in [-0.39, 0.29) is 12.3 Å². The number of rotatable bonds is 3. The van der Waals surface area contributed by atoms with Gasteiger partial charge in [0.2, 0.25) is 5.91 Å². The summed E-state index contributed by atoms with van der Waals surface area (Å²) < 4.78 is 0. The summed E-state index contributed by atoms with van der Waals surface area (Å²) in [6.45, 7) is 0. The first-order chi connectivity index (χ1) is 8.58. The molecule has 0 heterocycles. The monoisotopic (exact) mass is 265 g/mol. The highest BCUT2D eigenvalue weighted by Gasteiger charge is 2.13. The molecule has 94 valence electrons. The molecule has 6 heteroatoms. The number of nitrogens with one attached hydrogen (secondary N) is 1. The molecule has 0 aliphatic rings. The maximum atomic E-state index is 11.7. The van der Waals surface area contributed by atoms with E-state index in [4.69, 9.17) is 16.9 Å². The van der Waals surface area contributed by atoms with Crippen LogP contribution in [0.3, 0.4) is 0 Å². The maximum absolute atomic E-state index is 11.7. The molecule has 0 saturated carbocycles. The van der Waals surface area contributed by atoms with E-state index >= 15 is 0 Å². The Kier molecular flexibility index (Phi) is 5.15. The number of anilines is 1. The van der Waals surface area contributed by atoms with Crippen molar-refractivity contribution in [1.29, 1.82) is 5.26 Å². The number of benzene rings is 1. The Hall–Kier alpha value is -2.06. The zero-order chi connectivity index (χ0) is 13.5.